The van der Waals surface area contributed by atoms with E-state index in [1.54, 1.807) is 0 Å². The molecule has 10 heavy (non-hydrogen) atoms. The van der Waals surface area contributed by atoms with Gasteiger partial charge < -0.3 is 16.3 Å². The highest BCUT2D eigenvalue weighted by molar-refractivity contribution is 4.56. The summed E-state index contributed by atoms with van der Waals surface area (Å²) in [6.45, 7) is 3.80. The molecule has 4 nitrogen and oxygen atoms in total. The third-order valence-corrected chi connectivity index (χ3v) is 1.12. The van der Waals surface area contributed by atoms with E-state index in [9.17, 15) is 0 Å². The van der Waals surface area contributed by atoms with Crippen LogP contribution < -0.4 is 11.1 Å². The zero-order valence-corrected chi connectivity index (χ0v) is 6.67. The second-order valence-corrected chi connectivity index (χ2v) is 2.49. The largest absolute Gasteiger partial charge is 0.327 e. The molecule has 4 heteroatoms. The van der Waals surface area contributed by atoms with Crippen molar-refractivity contribution in [2.75, 3.05) is 26.7 Å². The van der Waals surface area contributed by atoms with E-state index in [-0.39, 0.29) is 6.04 Å². The minimum atomic E-state index is 0.0295. The van der Waals surface area contributed by atoms with Crippen molar-refractivity contribution in [2.24, 2.45) is 5.73 Å². The minimum Gasteiger partial charge on any atom is -0.327 e. The molecule has 0 saturated carbocycles. The summed E-state index contributed by atoms with van der Waals surface area (Å²) in [5, 5.41) is 13.2. The van der Waals surface area contributed by atoms with Gasteiger partial charge in [-0.1, -0.05) is 0 Å². The fourth-order valence-corrected chi connectivity index (χ4v) is 0.665. The van der Waals surface area contributed by atoms with Gasteiger partial charge in [0.05, 0.1) is 0 Å². The average molecular weight is 147 g/mol. The van der Waals surface area contributed by atoms with Gasteiger partial charge in [0.2, 0.25) is 0 Å². The summed E-state index contributed by atoms with van der Waals surface area (Å²) < 4.78 is 0. The van der Waals surface area contributed by atoms with Crippen LogP contribution >= 0.6 is 0 Å². The van der Waals surface area contributed by atoms with Gasteiger partial charge in [-0.2, -0.15) is 5.06 Å². The Morgan fingerprint density at radius 1 is 1.70 bits per heavy atom. The van der Waals surface area contributed by atoms with E-state index in [1.807, 2.05) is 14.0 Å². The molecule has 0 aliphatic heterocycles. The Balaban J connectivity index is 3.16. The maximum absolute atomic E-state index is 9.06. The smallest absolute Gasteiger partial charge is 0.0387 e. The molecule has 0 aliphatic rings. The first-order valence-electron chi connectivity index (χ1n) is 3.50. The standard InChI is InChI=1S/C6H17N3O/c1-6(7)5-9(10)4-3-8-2/h6,8,10H,3-5,7H2,1-2H3. The van der Waals surface area contributed by atoms with E-state index < -0.39 is 0 Å². The van der Waals surface area contributed by atoms with Gasteiger partial charge in [0.1, 0.15) is 0 Å². The van der Waals surface area contributed by atoms with Crippen LogP contribution in [0.5, 0.6) is 0 Å². The van der Waals surface area contributed by atoms with Gasteiger partial charge in [-0.15, -0.1) is 0 Å². The van der Waals surface area contributed by atoms with Crippen LogP contribution in [-0.4, -0.2) is 43.0 Å². The van der Waals surface area contributed by atoms with Gasteiger partial charge in [-0.25, -0.2) is 0 Å². The molecule has 4 N–H and O–H groups in total. The van der Waals surface area contributed by atoms with Crippen molar-refractivity contribution in [3.63, 3.8) is 0 Å². The Bertz CT molecular complexity index is 77.4. The van der Waals surface area contributed by atoms with Crippen LogP contribution in [0, 0.1) is 0 Å². The van der Waals surface area contributed by atoms with Crippen molar-refractivity contribution in [3.05, 3.63) is 0 Å². The van der Waals surface area contributed by atoms with Gasteiger partial charge >= 0.3 is 0 Å². The lowest BCUT2D eigenvalue weighted by Crippen LogP contribution is -2.36. The van der Waals surface area contributed by atoms with Crippen molar-refractivity contribution >= 4 is 0 Å². The first-order chi connectivity index (χ1) is 4.66. The predicted molar refractivity (Wildman–Crippen MR) is 40.9 cm³/mol. The third-order valence-electron chi connectivity index (χ3n) is 1.12. The summed E-state index contributed by atoms with van der Waals surface area (Å²) in [7, 11) is 1.85. The number of hydrogen-bond donors (Lipinski definition) is 3. The molecule has 0 fully saturated rings. The van der Waals surface area contributed by atoms with Gasteiger partial charge in [0, 0.05) is 25.7 Å². The van der Waals surface area contributed by atoms with Gasteiger partial charge in [0.25, 0.3) is 0 Å². The topological polar surface area (TPSA) is 61.5 Å². The molecule has 0 aromatic rings. The second kappa shape index (κ2) is 5.61. The Hall–Kier alpha value is -0.160. The van der Waals surface area contributed by atoms with Crippen LogP contribution in [0.2, 0.25) is 0 Å². The Labute approximate surface area is 62.0 Å². The molecule has 1 unspecified atom stereocenters. The van der Waals surface area contributed by atoms with E-state index in [1.165, 1.54) is 5.06 Å². The molecule has 0 rings (SSSR count). The Morgan fingerprint density at radius 3 is 2.70 bits per heavy atom. The molecule has 0 radical (unpaired) electrons. The van der Waals surface area contributed by atoms with E-state index in [0.717, 1.165) is 6.54 Å². The summed E-state index contributed by atoms with van der Waals surface area (Å²) in [5.41, 5.74) is 5.44. The lowest BCUT2D eigenvalue weighted by molar-refractivity contribution is -0.0915. The van der Waals surface area contributed by atoms with Crippen molar-refractivity contribution in [1.82, 2.24) is 10.4 Å². The van der Waals surface area contributed by atoms with Crippen molar-refractivity contribution in [3.8, 4) is 0 Å². The first kappa shape index (κ1) is 9.84. The van der Waals surface area contributed by atoms with E-state index in [2.05, 4.69) is 5.32 Å². The molecule has 62 valence electrons. The fourth-order valence-electron chi connectivity index (χ4n) is 0.665. The maximum Gasteiger partial charge on any atom is 0.0387 e. The highest BCUT2D eigenvalue weighted by Gasteiger charge is 2.01. The number of nitrogens with two attached hydrogens (primary N) is 1. The summed E-state index contributed by atoms with van der Waals surface area (Å²) in [4.78, 5) is 0. The molecule has 0 spiro atoms. The molecule has 0 aliphatic carbocycles. The van der Waals surface area contributed by atoms with Crippen LogP contribution in [0.4, 0.5) is 0 Å². The van der Waals surface area contributed by atoms with Crippen molar-refractivity contribution in [1.29, 1.82) is 0 Å². The zero-order chi connectivity index (χ0) is 7.98. The number of hydroxylamine groups is 2. The number of hydrogen-bond acceptors (Lipinski definition) is 4. The number of nitrogens with one attached hydrogen (secondary N) is 1. The lowest BCUT2D eigenvalue weighted by atomic mass is 10.3. The number of likely N-dealkylation sites (N-methyl/N-ethyl adjacent to an activating group) is 1. The highest BCUT2D eigenvalue weighted by Crippen LogP contribution is 1.82. The molecule has 0 heterocycles. The molecule has 0 aromatic heterocycles. The number of rotatable bonds is 5. The van der Waals surface area contributed by atoms with Crippen LogP contribution in [0.1, 0.15) is 6.92 Å². The predicted octanol–water partition coefficient (Wildman–Crippen LogP) is -0.756. The lowest BCUT2D eigenvalue weighted by Gasteiger charge is -2.15. The second-order valence-electron chi connectivity index (χ2n) is 2.49. The van der Waals surface area contributed by atoms with E-state index in [4.69, 9.17) is 10.9 Å². The van der Waals surface area contributed by atoms with Crippen LogP contribution in [0.25, 0.3) is 0 Å². The van der Waals surface area contributed by atoms with Gasteiger partial charge in [0.15, 0.2) is 0 Å². The van der Waals surface area contributed by atoms with Crippen LogP contribution in [-0.2, 0) is 0 Å². The van der Waals surface area contributed by atoms with Crippen molar-refractivity contribution in [2.45, 2.75) is 13.0 Å². The Morgan fingerprint density at radius 2 is 2.30 bits per heavy atom. The molecule has 0 bridgehead atoms. The van der Waals surface area contributed by atoms with Gasteiger partial charge in [-0.3, -0.25) is 0 Å². The molecule has 0 amide bonds. The number of nitrogens with zero attached hydrogens (tertiary/aromatic N) is 1. The summed E-state index contributed by atoms with van der Waals surface area (Å²) in [6.07, 6.45) is 0. The quantitative estimate of drug-likeness (QED) is 0.447. The van der Waals surface area contributed by atoms with Gasteiger partial charge in [-0.05, 0) is 14.0 Å². The molecular weight excluding hydrogens is 130 g/mol. The van der Waals surface area contributed by atoms with E-state index in [0.29, 0.717) is 13.1 Å². The Kier molecular flexibility index (Phi) is 5.52. The monoisotopic (exact) mass is 147 g/mol. The van der Waals surface area contributed by atoms with Crippen LogP contribution in [0.3, 0.4) is 0 Å². The van der Waals surface area contributed by atoms with Crippen LogP contribution in [0.15, 0.2) is 0 Å². The summed E-state index contributed by atoms with van der Waals surface area (Å²) >= 11 is 0. The summed E-state index contributed by atoms with van der Waals surface area (Å²) in [5.74, 6) is 0. The first-order valence-corrected chi connectivity index (χ1v) is 3.50. The normalized spacial score (nSPS) is 14.1. The molecular formula is C6H17N3O. The fraction of sp³-hybridized carbons (Fsp3) is 1.00. The maximum atomic E-state index is 9.06. The summed E-state index contributed by atoms with van der Waals surface area (Å²) in [6, 6.07) is 0.0295. The average Bonchev–Trinajstić information content (AvgIpc) is 1.82. The van der Waals surface area contributed by atoms with Crippen molar-refractivity contribution < 1.29 is 5.21 Å². The van der Waals surface area contributed by atoms with E-state index >= 15 is 0 Å². The molecule has 0 aromatic carbocycles. The minimum absolute atomic E-state index is 0.0295. The SMILES string of the molecule is CNCCN(O)CC(C)N. The highest BCUT2D eigenvalue weighted by atomic mass is 16.5. The zero-order valence-electron chi connectivity index (χ0n) is 6.67. The molecule has 1 atom stereocenters. The molecule has 0 saturated heterocycles. The third kappa shape index (κ3) is 5.97.